The number of piperidine rings is 1. The maximum absolute atomic E-state index is 12.7. The van der Waals surface area contributed by atoms with Gasteiger partial charge in [0.05, 0.1) is 46.6 Å². The van der Waals surface area contributed by atoms with Crippen molar-refractivity contribution in [1.29, 1.82) is 0 Å². The monoisotopic (exact) mass is 601 g/mol. The zero-order chi connectivity index (χ0) is 29.4. The number of nitrogens with zero attached hydrogens (tertiary/aromatic N) is 5. The Balaban J connectivity index is 0.000000367. The lowest BCUT2D eigenvalue weighted by Gasteiger charge is -2.29. The first-order valence-corrected chi connectivity index (χ1v) is 16.5. The Morgan fingerprint density at radius 3 is 2.54 bits per heavy atom. The highest BCUT2D eigenvalue weighted by molar-refractivity contribution is 7.93. The molecule has 2 N–H and O–H groups in total. The van der Waals surface area contributed by atoms with Crippen LogP contribution < -0.4 is 14.8 Å². The van der Waals surface area contributed by atoms with E-state index in [-0.39, 0.29) is 16.2 Å². The van der Waals surface area contributed by atoms with Gasteiger partial charge in [0.2, 0.25) is 15.9 Å². The molecule has 13 heteroatoms. The summed E-state index contributed by atoms with van der Waals surface area (Å²) in [6.07, 6.45) is 11.8. The first-order chi connectivity index (χ1) is 19.7. The maximum Gasteiger partial charge on any atom is 0.280 e. The number of amides is 1. The molecule has 0 aromatic carbocycles. The maximum atomic E-state index is 12.7. The number of carbonyl (C=O) groups is 1. The molecule has 5 rings (SSSR count). The van der Waals surface area contributed by atoms with Crippen LogP contribution in [0.25, 0.3) is 10.6 Å². The van der Waals surface area contributed by atoms with Crippen LogP contribution in [-0.4, -0.2) is 70.1 Å². The van der Waals surface area contributed by atoms with Crippen LogP contribution in [-0.2, 0) is 10.0 Å². The fraction of sp³-hybridized carbons (Fsp3) is 0.536. The molecule has 1 aliphatic carbocycles. The summed E-state index contributed by atoms with van der Waals surface area (Å²) in [5, 5.41) is 2.78. The summed E-state index contributed by atoms with van der Waals surface area (Å²) in [6, 6.07) is 3.52. The van der Waals surface area contributed by atoms with E-state index in [1.165, 1.54) is 56.1 Å². The number of carbonyl (C=O) groups excluding carboxylic acids is 1. The normalized spacial score (nSPS) is 16.4. The second-order valence-corrected chi connectivity index (χ2v) is 13.4. The van der Waals surface area contributed by atoms with E-state index in [0.29, 0.717) is 47.3 Å². The van der Waals surface area contributed by atoms with Crippen molar-refractivity contribution in [2.45, 2.75) is 77.1 Å². The first-order valence-electron chi connectivity index (χ1n) is 14.1. The molecular weight excluding hydrogens is 562 g/mol. The molecule has 0 radical (unpaired) electrons. The zero-order valence-electron chi connectivity index (χ0n) is 24.0. The van der Waals surface area contributed by atoms with Gasteiger partial charge in [0.25, 0.3) is 5.91 Å². The molecule has 0 spiro atoms. The standard InChI is InChI=1S/C20H22N6O4S2.C8H17N/c1-3-30-18-11-21-9-16(25-18)17-10-23-20(31-17)19(27)24-12(2)15-8-13(6-7-22-15)26-32(28,29)14-4-5-14;1-8(2)9-6-4-3-5-7-9/h6-12,14H,3-5H2,1-2H3,(H,22,26)(H,24,27);8H,3-7H2,1-2H3. The Bertz CT molecular complexity index is 1400. The van der Waals surface area contributed by atoms with Crippen molar-refractivity contribution in [3.05, 3.63) is 47.6 Å². The van der Waals surface area contributed by atoms with Crippen LogP contribution in [0.4, 0.5) is 5.69 Å². The molecule has 41 heavy (non-hydrogen) atoms. The number of aromatic nitrogens is 4. The Hall–Kier alpha value is -3.16. The minimum atomic E-state index is -3.37. The fourth-order valence-electron chi connectivity index (χ4n) is 4.32. The van der Waals surface area contributed by atoms with Crippen molar-refractivity contribution in [3.63, 3.8) is 0 Å². The van der Waals surface area contributed by atoms with E-state index in [4.69, 9.17) is 4.74 Å². The third-order valence-electron chi connectivity index (χ3n) is 6.77. The van der Waals surface area contributed by atoms with Crippen molar-refractivity contribution in [2.24, 2.45) is 0 Å². The van der Waals surface area contributed by atoms with Crippen molar-refractivity contribution in [2.75, 3.05) is 24.4 Å². The molecule has 2 fully saturated rings. The van der Waals surface area contributed by atoms with Gasteiger partial charge in [-0.3, -0.25) is 19.5 Å². The number of rotatable bonds is 10. The molecule has 1 saturated heterocycles. The Labute approximate surface area is 246 Å². The molecule has 222 valence electrons. The quantitative estimate of drug-likeness (QED) is 0.339. The van der Waals surface area contributed by atoms with Crippen LogP contribution >= 0.6 is 11.3 Å². The number of thiazole rings is 1. The van der Waals surface area contributed by atoms with Gasteiger partial charge in [0, 0.05) is 18.4 Å². The number of pyridine rings is 1. The zero-order valence-corrected chi connectivity index (χ0v) is 25.7. The third kappa shape index (κ3) is 8.91. The second kappa shape index (κ2) is 14.1. The van der Waals surface area contributed by atoms with Crippen LogP contribution in [0.2, 0.25) is 0 Å². The van der Waals surface area contributed by atoms with Crippen molar-refractivity contribution >= 4 is 33.0 Å². The second-order valence-electron chi connectivity index (χ2n) is 10.4. The van der Waals surface area contributed by atoms with Gasteiger partial charge in [-0.25, -0.2) is 18.4 Å². The fourth-order valence-corrected chi connectivity index (χ4v) is 6.48. The summed E-state index contributed by atoms with van der Waals surface area (Å²) in [6.45, 7) is 11.3. The Kier molecular flexibility index (Phi) is 10.6. The molecule has 3 aromatic heterocycles. The molecule has 4 heterocycles. The van der Waals surface area contributed by atoms with Crippen LogP contribution in [0.3, 0.4) is 0 Å². The molecule has 1 aliphatic heterocycles. The van der Waals surface area contributed by atoms with Crippen LogP contribution in [0.15, 0.2) is 36.9 Å². The van der Waals surface area contributed by atoms with Crippen LogP contribution in [0.1, 0.15) is 81.3 Å². The lowest BCUT2D eigenvalue weighted by molar-refractivity contribution is 0.0938. The van der Waals surface area contributed by atoms with Gasteiger partial charge in [0.15, 0.2) is 5.01 Å². The SMILES string of the molecule is CC(C)N1CCCCC1.CCOc1cncc(-c2cnc(C(=O)NC(C)c3cc(NS(=O)(=O)C4CC4)ccn3)s2)n1. The number of sulfonamides is 1. The van der Waals surface area contributed by atoms with Gasteiger partial charge in [-0.2, -0.15) is 0 Å². The van der Waals surface area contributed by atoms with E-state index < -0.39 is 16.1 Å². The lowest BCUT2D eigenvalue weighted by atomic mass is 10.1. The van der Waals surface area contributed by atoms with E-state index >= 15 is 0 Å². The van der Waals surface area contributed by atoms with Crippen molar-refractivity contribution in [1.82, 2.24) is 30.2 Å². The van der Waals surface area contributed by atoms with E-state index in [9.17, 15) is 13.2 Å². The van der Waals surface area contributed by atoms with E-state index in [2.05, 4.69) is 48.7 Å². The highest BCUT2D eigenvalue weighted by atomic mass is 32.2. The number of nitrogens with one attached hydrogen (secondary N) is 2. The van der Waals surface area contributed by atoms with Gasteiger partial charge in [-0.1, -0.05) is 6.42 Å². The topological polar surface area (TPSA) is 139 Å². The summed E-state index contributed by atoms with van der Waals surface area (Å²) >= 11 is 1.19. The van der Waals surface area contributed by atoms with Gasteiger partial charge in [0.1, 0.15) is 5.69 Å². The number of likely N-dealkylation sites (tertiary alicyclic amines) is 1. The van der Waals surface area contributed by atoms with Gasteiger partial charge < -0.3 is 15.0 Å². The van der Waals surface area contributed by atoms with Crippen LogP contribution in [0, 0.1) is 0 Å². The molecular formula is C28H39N7O4S2. The van der Waals surface area contributed by atoms with Gasteiger partial charge in [-0.05, 0) is 78.6 Å². The first kappa shape index (κ1) is 30.8. The van der Waals surface area contributed by atoms with Crippen LogP contribution in [0.5, 0.6) is 5.88 Å². The lowest BCUT2D eigenvalue weighted by Crippen LogP contribution is -2.35. The molecule has 3 aromatic rings. The predicted octanol–water partition coefficient (Wildman–Crippen LogP) is 4.67. The van der Waals surface area contributed by atoms with E-state index in [0.717, 1.165) is 6.04 Å². The summed E-state index contributed by atoms with van der Waals surface area (Å²) in [4.78, 5) is 32.8. The van der Waals surface area contributed by atoms with Gasteiger partial charge >= 0.3 is 0 Å². The largest absolute Gasteiger partial charge is 0.477 e. The molecule has 0 bridgehead atoms. The number of anilines is 1. The molecule has 1 amide bonds. The number of ether oxygens (including phenoxy) is 1. The average molecular weight is 602 g/mol. The summed E-state index contributed by atoms with van der Waals surface area (Å²) in [7, 11) is -3.37. The summed E-state index contributed by atoms with van der Waals surface area (Å²) < 4.78 is 32.3. The highest BCUT2D eigenvalue weighted by Crippen LogP contribution is 2.30. The minimum absolute atomic E-state index is 0.265. The highest BCUT2D eigenvalue weighted by Gasteiger charge is 2.35. The molecule has 1 saturated carbocycles. The smallest absolute Gasteiger partial charge is 0.280 e. The predicted molar refractivity (Wildman–Crippen MR) is 161 cm³/mol. The molecule has 1 unspecified atom stereocenters. The molecule has 11 nitrogen and oxygen atoms in total. The molecule has 2 aliphatic rings. The minimum Gasteiger partial charge on any atom is -0.477 e. The number of hydrogen-bond donors (Lipinski definition) is 2. The Morgan fingerprint density at radius 2 is 1.88 bits per heavy atom. The van der Waals surface area contributed by atoms with Gasteiger partial charge in [-0.15, -0.1) is 11.3 Å². The van der Waals surface area contributed by atoms with E-state index in [1.807, 2.05) is 6.92 Å². The van der Waals surface area contributed by atoms with Crippen molar-refractivity contribution in [3.8, 4) is 16.5 Å². The average Bonchev–Trinajstić information content (AvgIpc) is 3.72. The molecule has 1 atom stereocenters. The Morgan fingerprint density at radius 1 is 1.12 bits per heavy atom. The summed E-state index contributed by atoms with van der Waals surface area (Å²) in [5.41, 5.74) is 1.52. The number of hydrogen-bond acceptors (Lipinski definition) is 10. The summed E-state index contributed by atoms with van der Waals surface area (Å²) in [5.74, 6) is 0.0368. The third-order valence-corrected chi connectivity index (χ3v) is 9.66. The van der Waals surface area contributed by atoms with Crippen molar-refractivity contribution < 1.29 is 17.9 Å². The van der Waals surface area contributed by atoms with E-state index in [1.54, 1.807) is 31.5 Å².